The first-order valence-corrected chi connectivity index (χ1v) is 10.5. The third-order valence-electron chi connectivity index (χ3n) is 5.86. The lowest BCUT2D eigenvalue weighted by molar-refractivity contribution is 0.0987. The van der Waals surface area contributed by atoms with Gasteiger partial charge in [0.1, 0.15) is 5.82 Å². The van der Waals surface area contributed by atoms with Crippen LogP contribution in [-0.2, 0) is 0 Å². The molecule has 1 aliphatic heterocycles. The zero-order valence-corrected chi connectivity index (χ0v) is 17.9. The van der Waals surface area contributed by atoms with E-state index in [1.165, 1.54) is 17.4 Å². The second-order valence-electron chi connectivity index (χ2n) is 7.88. The summed E-state index contributed by atoms with van der Waals surface area (Å²) in [6, 6.07) is 19.1. The fourth-order valence-electron chi connectivity index (χ4n) is 3.96. The summed E-state index contributed by atoms with van der Waals surface area (Å²) in [7, 11) is 1.70. The first-order valence-electron chi connectivity index (χ1n) is 10.5. The van der Waals surface area contributed by atoms with E-state index in [9.17, 15) is 9.59 Å². The average Bonchev–Trinajstić information content (AvgIpc) is 2.84. The molecule has 158 valence electrons. The number of anilines is 2. The van der Waals surface area contributed by atoms with Crippen LogP contribution in [0.3, 0.4) is 0 Å². The maximum Gasteiger partial charge on any atom is 0.259 e. The smallest absolute Gasteiger partial charge is 0.259 e. The van der Waals surface area contributed by atoms with Gasteiger partial charge in [-0.05, 0) is 49.4 Å². The number of carbonyl (C=O) groups is 2. The number of rotatable bonds is 5. The SMILES string of the molecule is CC(=O)c1ccc(C(=O)N(C)c2ccnc(N3CCC(c4ccccc4)CC3)n2)cc1. The van der Waals surface area contributed by atoms with Gasteiger partial charge in [0.25, 0.3) is 5.91 Å². The summed E-state index contributed by atoms with van der Waals surface area (Å²) in [5.74, 6) is 1.56. The molecule has 31 heavy (non-hydrogen) atoms. The summed E-state index contributed by atoms with van der Waals surface area (Å²) in [5.41, 5.74) is 2.48. The molecule has 0 N–H and O–H groups in total. The molecule has 1 saturated heterocycles. The molecule has 0 spiro atoms. The molecule has 6 heteroatoms. The molecule has 0 aliphatic carbocycles. The molecule has 0 radical (unpaired) electrons. The maximum absolute atomic E-state index is 12.9. The Morgan fingerprint density at radius 3 is 2.23 bits per heavy atom. The van der Waals surface area contributed by atoms with Crippen LogP contribution in [0.5, 0.6) is 0 Å². The number of hydrogen-bond acceptors (Lipinski definition) is 5. The van der Waals surface area contributed by atoms with Crippen molar-refractivity contribution in [3.63, 3.8) is 0 Å². The van der Waals surface area contributed by atoms with Crippen molar-refractivity contribution < 1.29 is 9.59 Å². The first kappa shape index (κ1) is 20.7. The fraction of sp³-hybridized carbons (Fsp3) is 0.280. The zero-order valence-electron chi connectivity index (χ0n) is 17.9. The Balaban J connectivity index is 1.44. The summed E-state index contributed by atoms with van der Waals surface area (Å²) in [6.45, 7) is 3.27. The highest BCUT2D eigenvalue weighted by Crippen LogP contribution is 2.29. The van der Waals surface area contributed by atoms with Crippen LogP contribution < -0.4 is 9.80 Å². The van der Waals surface area contributed by atoms with E-state index < -0.39 is 0 Å². The molecule has 3 aromatic rings. The molecule has 0 bridgehead atoms. The lowest BCUT2D eigenvalue weighted by atomic mass is 9.90. The number of benzene rings is 2. The zero-order chi connectivity index (χ0) is 21.8. The highest BCUT2D eigenvalue weighted by molar-refractivity contribution is 6.06. The van der Waals surface area contributed by atoms with Crippen molar-refractivity contribution in [2.24, 2.45) is 0 Å². The highest BCUT2D eigenvalue weighted by atomic mass is 16.2. The molecule has 4 rings (SSSR count). The predicted molar refractivity (Wildman–Crippen MR) is 122 cm³/mol. The third kappa shape index (κ3) is 4.63. The summed E-state index contributed by atoms with van der Waals surface area (Å²) in [4.78, 5) is 37.1. The van der Waals surface area contributed by atoms with Crippen LogP contribution in [0, 0.1) is 0 Å². The molecule has 2 aromatic carbocycles. The number of carbonyl (C=O) groups excluding carboxylic acids is 2. The van der Waals surface area contributed by atoms with Crippen LogP contribution in [0.15, 0.2) is 66.9 Å². The Kier molecular flexibility index (Phi) is 6.07. The predicted octanol–water partition coefficient (Wildman–Crippen LogP) is 4.34. The van der Waals surface area contributed by atoms with Crippen LogP contribution in [0.4, 0.5) is 11.8 Å². The van der Waals surface area contributed by atoms with Crippen LogP contribution in [0.25, 0.3) is 0 Å². The normalized spacial score (nSPS) is 14.3. The second kappa shape index (κ2) is 9.08. The Hall–Kier alpha value is -3.54. The molecule has 1 aliphatic rings. The average molecular weight is 415 g/mol. The summed E-state index contributed by atoms with van der Waals surface area (Å²) < 4.78 is 0. The molecular formula is C25H26N4O2. The van der Waals surface area contributed by atoms with Crippen LogP contribution in [0.2, 0.25) is 0 Å². The van der Waals surface area contributed by atoms with Gasteiger partial charge in [0.15, 0.2) is 5.78 Å². The minimum Gasteiger partial charge on any atom is -0.341 e. The molecule has 0 saturated carbocycles. The number of Topliss-reactive ketones (excluding diaryl/α,β-unsaturated/α-hetero) is 1. The Morgan fingerprint density at radius 1 is 0.935 bits per heavy atom. The van der Waals surface area contributed by atoms with Crippen molar-refractivity contribution in [2.75, 3.05) is 29.9 Å². The molecule has 1 aromatic heterocycles. The minimum atomic E-state index is -0.178. The lowest BCUT2D eigenvalue weighted by Gasteiger charge is -2.32. The molecule has 2 heterocycles. The molecule has 0 unspecified atom stereocenters. The van der Waals surface area contributed by atoms with E-state index in [0.717, 1.165) is 25.9 Å². The van der Waals surface area contributed by atoms with Crippen LogP contribution >= 0.6 is 0 Å². The van der Waals surface area contributed by atoms with E-state index in [0.29, 0.717) is 28.8 Å². The van der Waals surface area contributed by atoms with Crippen LogP contribution in [-0.4, -0.2) is 41.8 Å². The van der Waals surface area contributed by atoms with Gasteiger partial charge in [-0.1, -0.05) is 42.5 Å². The van der Waals surface area contributed by atoms with E-state index in [4.69, 9.17) is 0 Å². The quantitative estimate of drug-likeness (QED) is 0.581. The summed E-state index contributed by atoms with van der Waals surface area (Å²) in [5, 5.41) is 0. The molecule has 0 atom stereocenters. The first-order chi connectivity index (χ1) is 15.0. The van der Waals surface area contributed by atoms with Gasteiger partial charge in [0.05, 0.1) is 0 Å². The molecule has 1 amide bonds. The Bertz CT molecular complexity index is 1060. The van der Waals surface area contributed by atoms with Crippen molar-refractivity contribution >= 4 is 23.5 Å². The van der Waals surface area contributed by atoms with Gasteiger partial charge >= 0.3 is 0 Å². The van der Waals surface area contributed by atoms with Gasteiger partial charge < -0.3 is 4.90 Å². The topological polar surface area (TPSA) is 66.4 Å². The largest absolute Gasteiger partial charge is 0.341 e. The van der Waals surface area contributed by atoms with Gasteiger partial charge in [-0.15, -0.1) is 0 Å². The number of amides is 1. The summed E-state index contributed by atoms with van der Waals surface area (Å²) in [6.07, 6.45) is 3.80. The number of piperidine rings is 1. The van der Waals surface area contributed by atoms with Crippen molar-refractivity contribution in [3.05, 3.63) is 83.6 Å². The fourth-order valence-corrected chi connectivity index (χ4v) is 3.96. The van der Waals surface area contributed by atoms with Crippen molar-refractivity contribution in [1.29, 1.82) is 0 Å². The Labute approximate surface area is 182 Å². The van der Waals surface area contributed by atoms with Gasteiger partial charge in [0, 0.05) is 37.5 Å². The van der Waals surface area contributed by atoms with Gasteiger partial charge in [-0.3, -0.25) is 14.5 Å². The Morgan fingerprint density at radius 2 is 1.58 bits per heavy atom. The van der Waals surface area contributed by atoms with Crippen molar-refractivity contribution in [3.8, 4) is 0 Å². The van der Waals surface area contributed by atoms with E-state index in [2.05, 4.69) is 39.1 Å². The number of hydrogen-bond donors (Lipinski definition) is 0. The van der Waals surface area contributed by atoms with Gasteiger partial charge in [0.2, 0.25) is 5.95 Å². The summed E-state index contributed by atoms with van der Waals surface area (Å²) >= 11 is 0. The maximum atomic E-state index is 12.9. The second-order valence-corrected chi connectivity index (χ2v) is 7.88. The van der Waals surface area contributed by atoms with E-state index in [1.807, 2.05) is 6.07 Å². The minimum absolute atomic E-state index is 0.0242. The van der Waals surface area contributed by atoms with Gasteiger partial charge in [-0.2, -0.15) is 4.98 Å². The van der Waals surface area contributed by atoms with Crippen LogP contribution in [0.1, 0.15) is 52.0 Å². The number of ketones is 1. The van der Waals surface area contributed by atoms with E-state index in [1.54, 1.807) is 43.6 Å². The highest BCUT2D eigenvalue weighted by Gasteiger charge is 2.23. The van der Waals surface area contributed by atoms with Crippen molar-refractivity contribution in [2.45, 2.75) is 25.7 Å². The lowest BCUT2D eigenvalue weighted by Crippen LogP contribution is -2.35. The van der Waals surface area contributed by atoms with Gasteiger partial charge in [-0.25, -0.2) is 4.98 Å². The third-order valence-corrected chi connectivity index (χ3v) is 5.86. The number of nitrogens with zero attached hydrogens (tertiary/aromatic N) is 4. The number of aromatic nitrogens is 2. The van der Waals surface area contributed by atoms with E-state index >= 15 is 0 Å². The standard InChI is InChI=1S/C25H26N4O2/c1-18(30)19-8-10-22(11-9-19)24(31)28(2)23-12-15-26-25(27-23)29-16-13-21(14-17-29)20-6-4-3-5-7-20/h3-12,15,21H,13-14,16-17H2,1-2H3. The monoisotopic (exact) mass is 414 g/mol. The molecule has 1 fully saturated rings. The van der Waals surface area contributed by atoms with E-state index in [-0.39, 0.29) is 11.7 Å². The molecular weight excluding hydrogens is 388 g/mol. The molecule has 6 nitrogen and oxygen atoms in total. The van der Waals surface area contributed by atoms with Crippen molar-refractivity contribution in [1.82, 2.24) is 9.97 Å².